The van der Waals surface area contributed by atoms with Crippen LogP contribution >= 0.6 is 15.9 Å². The number of amides is 1. The molecule has 1 N–H and O–H groups in total. The van der Waals surface area contributed by atoms with Crippen LogP contribution in [0.4, 0.5) is 0 Å². The van der Waals surface area contributed by atoms with Crippen molar-refractivity contribution in [2.45, 2.75) is 13.5 Å². The molecule has 1 aromatic carbocycles. The Morgan fingerprint density at radius 3 is 2.65 bits per heavy atom. The quantitative estimate of drug-likeness (QED) is 0.647. The fourth-order valence-corrected chi connectivity index (χ4v) is 1.47. The monoisotopic (exact) mass is 297 g/mol. The average Bonchev–Trinajstić information content (AvgIpc) is 2.33. The van der Waals surface area contributed by atoms with E-state index in [1.807, 2.05) is 36.4 Å². The van der Waals surface area contributed by atoms with E-state index in [0.717, 1.165) is 16.6 Å². The van der Waals surface area contributed by atoms with Gasteiger partial charge in [0, 0.05) is 18.8 Å². The minimum atomic E-state index is -0.0229. The van der Waals surface area contributed by atoms with Gasteiger partial charge in [0.1, 0.15) is 12.4 Å². The van der Waals surface area contributed by atoms with Gasteiger partial charge in [-0.1, -0.05) is 40.2 Å². The molecule has 1 rings (SSSR count). The Balaban J connectivity index is 2.39. The number of halogens is 1. The third-order valence-electron chi connectivity index (χ3n) is 2.07. The summed E-state index contributed by atoms with van der Waals surface area (Å²) in [5.74, 6) is 0.807. The van der Waals surface area contributed by atoms with Gasteiger partial charge in [0.05, 0.1) is 0 Å². The van der Waals surface area contributed by atoms with Crippen LogP contribution in [0.2, 0.25) is 0 Å². The molecule has 3 nitrogen and oxygen atoms in total. The number of nitrogens with one attached hydrogen (secondary N) is 1. The zero-order valence-electron chi connectivity index (χ0n) is 9.78. The van der Waals surface area contributed by atoms with Gasteiger partial charge < -0.3 is 10.1 Å². The van der Waals surface area contributed by atoms with Crippen molar-refractivity contribution in [1.29, 1.82) is 0 Å². The molecule has 0 heterocycles. The molecule has 0 saturated heterocycles. The highest BCUT2D eigenvalue weighted by molar-refractivity contribution is 9.09. The zero-order valence-corrected chi connectivity index (χ0v) is 11.4. The van der Waals surface area contributed by atoms with Crippen LogP contribution in [-0.4, -0.2) is 17.8 Å². The summed E-state index contributed by atoms with van der Waals surface area (Å²) in [5, 5.41) is 3.58. The van der Waals surface area contributed by atoms with Crippen molar-refractivity contribution >= 4 is 21.8 Å². The SMILES string of the molecule is CC(=O)NCc1ccc(OC/C=C/CBr)cc1. The fraction of sp³-hybridized carbons (Fsp3) is 0.308. The predicted molar refractivity (Wildman–Crippen MR) is 72.4 cm³/mol. The van der Waals surface area contributed by atoms with Crippen molar-refractivity contribution in [3.05, 3.63) is 42.0 Å². The summed E-state index contributed by atoms with van der Waals surface area (Å²) in [6.07, 6.45) is 3.95. The normalized spacial score (nSPS) is 10.5. The number of hydrogen-bond acceptors (Lipinski definition) is 2. The van der Waals surface area contributed by atoms with Crippen molar-refractivity contribution in [2.24, 2.45) is 0 Å². The molecule has 0 aliphatic heterocycles. The number of alkyl halides is 1. The van der Waals surface area contributed by atoms with Crippen LogP contribution in [0.5, 0.6) is 5.75 Å². The van der Waals surface area contributed by atoms with Gasteiger partial charge in [-0.25, -0.2) is 0 Å². The highest BCUT2D eigenvalue weighted by Gasteiger charge is 1.96. The second-order valence-corrected chi connectivity index (χ2v) is 4.14. The van der Waals surface area contributed by atoms with Gasteiger partial charge in [0.2, 0.25) is 5.91 Å². The summed E-state index contributed by atoms with van der Waals surface area (Å²) >= 11 is 3.30. The van der Waals surface area contributed by atoms with E-state index in [9.17, 15) is 4.79 Å². The van der Waals surface area contributed by atoms with E-state index in [2.05, 4.69) is 21.2 Å². The first-order chi connectivity index (χ1) is 8.22. The first-order valence-electron chi connectivity index (χ1n) is 5.39. The molecule has 4 heteroatoms. The lowest BCUT2D eigenvalue weighted by Gasteiger charge is -2.05. The van der Waals surface area contributed by atoms with Crippen LogP contribution in [0.15, 0.2) is 36.4 Å². The maximum Gasteiger partial charge on any atom is 0.217 e. The van der Waals surface area contributed by atoms with E-state index in [-0.39, 0.29) is 5.91 Å². The Bertz CT molecular complexity index is 374. The molecule has 0 saturated carbocycles. The largest absolute Gasteiger partial charge is 0.490 e. The molecular formula is C13H16BrNO2. The molecule has 0 unspecified atom stereocenters. The number of ether oxygens (including phenoxy) is 1. The first kappa shape index (κ1) is 13.8. The number of carbonyl (C=O) groups is 1. The summed E-state index contributed by atoms with van der Waals surface area (Å²) in [5.41, 5.74) is 1.06. The van der Waals surface area contributed by atoms with Gasteiger partial charge in [-0.2, -0.15) is 0 Å². The molecule has 17 heavy (non-hydrogen) atoms. The topological polar surface area (TPSA) is 38.3 Å². The molecule has 1 amide bonds. The number of hydrogen-bond donors (Lipinski definition) is 1. The summed E-state index contributed by atoms with van der Waals surface area (Å²) in [7, 11) is 0. The van der Waals surface area contributed by atoms with Crippen molar-refractivity contribution < 1.29 is 9.53 Å². The van der Waals surface area contributed by atoms with E-state index in [4.69, 9.17) is 4.74 Å². The molecule has 0 aliphatic rings. The smallest absolute Gasteiger partial charge is 0.217 e. The van der Waals surface area contributed by atoms with Gasteiger partial charge in [-0.05, 0) is 17.7 Å². The van der Waals surface area contributed by atoms with Crippen molar-refractivity contribution in [3.63, 3.8) is 0 Å². The second-order valence-electron chi connectivity index (χ2n) is 3.49. The minimum Gasteiger partial charge on any atom is -0.490 e. The van der Waals surface area contributed by atoms with Gasteiger partial charge in [-0.15, -0.1) is 0 Å². The summed E-state index contributed by atoms with van der Waals surface area (Å²) in [6.45, 7) is 2.63. The Labute approximate surface area is 110 Å². The Hall–Kier alpha value is -1.29. The Morgan fingerprint density at radius 2 is 2.06 bits per heavy atom. The number of allylic oxidation sites excluding steroid dienone is 1. The van der Waals surface area contributed by atoms with E-state index < -0.39 is 0 Å². The molecule has 0 spiro atoms. The lowest BCUT2D eigenvalue weighted by molar-refractivity contribution is -0.119. The molecule has 0 fully saturated rings. The van der Waals surface area contributed by atoms with Crippen LogP contribution in [0.1, 0.15) is 12.5 Å². The fourth-order valence-electron chi connectivity index (χ4n) is 1.21. The highest BCUT2D eigenvalue weighted by Crippen LogP contribution is 2.12. The molecular weight excluding hydrogens is 282 g/mol. The lowest BCUT2D eigenvalue weighted by atomic mass is 10.2. The van der Waals surface area contributed by atoms with Crippen LogP contribution in [-0.2, 0) is 11.3 Å². The Kier molecular flexibility index (Phi) is 6.40. The molecule has 0 aromatic heterocycles. The number of rotatable bonds is 6. The molecule has 92 valence electrons. The summed E-state index contributed by atoms with van der Waals surface area (Å²) < 4.78 is 5.49. The predicted octanol–water partition coefficient (Wildman–Crippen LogP) is 2.65. The van der Waals surface area contributed by atoms with Gasteiger partial charge in [0.15, 0.2) is 0 Å². The molecule has 0 atom stereocenters. The van der Waals surface area contributed by atoms with Crippen molar-refractivity contribution in [1.82, 2.24) is 5.32 Å². The second kappa shape index (κ2) is 7.90. The van der Waals surface area contributed by atoms with Gasteiger partial charge >= 0.3 is 0 Å². The van der Waals surface area contributed by atoms with Crippen LogP contribution in [0.3, 0.4) is 0 Å². The van der Waals surface area contributed by atoms with E-state index in [0.29, 0.717) is 13.2 Å². The summed E-state index contributed by atoms with van der Waals surface area (Å²) in [6, 6.07) is 7.69. The Morgan fingerprint density at radius 1 is 1.35 bits per heavy atom. The van der Waals surface area contributed by atoms with Crippen LogP contribution in [0, 0.1) is 0 Å². The zero-order chi connectivity index (χ0) is 12.5. The number of benzene rings is 1. The number of carbonyl (C=O) groups excluding carboxylic acids is 1. The van der Waals surface area contributed by atoms with Gasteiger partial charge in [-0.3, -0.25) is 4.79 Å². The van der Waals surface area contributed by atoms with E-state index in [1.165, 1.54) is 6.92 Å². The van der Waals surface area contributed by atoms with Crippen LogP contribution in [0.25, 0.3) is 0 Å². The van der Waals surface area contributed by atoms with Crippen molar-refractivity contribution in [2.75, 3.05) is 11.9 Å². The van der Waals surface area contributed by atoms with Crippen LogP contribution < -0.4 is 10.1 Å². The van der Waals surface area contributed by atoms with Crippen molar-refractivity contribution in [3.8, 4) is 5.75 Å². The molecule has 1 aromatic rings. The molecule has 0 aliphatic carbocycles. The molecule has 0 bridgehead atoms. The molecule has 0 radical (unpaired) electrons. The first-order valence-corrected chi connectivity index (χ1v) is 6.51. The van der Waals surface area contributed by atoms with Gasteiger partial charge in [0.25, 0.3) is 0 Å². The van der Waals surface area contributed by atoms with E-state index >= 15 is 0 Å². The third kappa shape index (κ3) is 6.12. The maximum absolute atomic E-state index is 10.7. The standard InChI is InChI=1S/C13H16BrNO2/c1-11(16)15-10-12-4-6-13(7-5-12)17-9-3-2-8-14/h2-7H,8-10H2,1H3,(H,15,16)/b3-2+. The minimum absolute atomic E-state index is 0.0229. The average molecular weight is 298 g/mol. The maximum atomic E-state index is 10.7. The van der Waals surface area contributed by atoms with E-state index in [1.54, 1.807) is 0 Å². The lowest BCUT2D eigenvalue weighted by Crippen LogP contribution is -2.18. The summed E-state index contributed by atoms with van der Waals surface area (Å²) in [4.78, 5) is 10.7. The highest BCUT2D eigenvalue weighted by atomic mass is 79.9. The third-order valence-corrected chi connectivity index (χ3v) is 2.44.